The summed E-state index contributed by atoms with van der Waals surface area (Å²) in [5.74, 6) is -2.49. The normalized spacial score (nSPS) is 10.3. The van der Waals surface area contributed by atoms with E-state index in [-0.39, 0.29) is 0 Å². The van der Waals surface area contributed by atoms with Crippen molar-refractivity contribution in [3.05, 3.63) is 25.3 Å². The minimum absolute atomic E-state index is 0.423. The summed E-state index contributed by atoms with van der Waals surface area (Å²) < 4.78 is 9.90. The number of ether oxygens (including phenoxy) is 2. The van der Waals surface area contributed by atoms with Gasteiger partial charge < -0.3 is 9.47 Å². The Morgan fingerprint density at radius 2 is 1.60 bits per heavy atom. The van der Waals surface area contributed by atoms with Crippen LogP contribution in [0.4, 0.5) is 0 Å². The fourth-order valence-corrected chi connectivity index (χ4v) is 1.09. The molecule has 4 nitrogen and oxygen atoms in total. The molecule has 0 radical (unpaired) electrons. The average molecular weight is 212 g/mol. The molecule has 4 heteroatoms. The Morgan fingerprint density at radius 1 is 1.20 bits per heavy atom. The SMILES string of the molecule is C=CC(=O)OC(C)(CCC)OC(=O)C=C. The van der Waals surface area contributed by atoms with Crippen LogP contribution in [0.3, 0.4) is 0 Å². The summed E-state index contributed by atoms with van der Waals surface area (Å²) in [5.41, 5.74) is 0. The molecule has 0 aromatic carbocycles. The van der Waals surface area contributed by atoms with Gasteiger partial charge in [0, 0.05) is 25.5 Å². The lowest BCUT2D eigenvalue weighted by Gasteiger charge is -2.27. The third-order valence-corrected chi connectivity index (χ3v) is 1.67. The predicted octanol–water partition coefficient (Wildman–Crippen LogP) is 1.96. The molecule has 0 amide bonds. The Kier molecular flexibility index (Phi) is 5.37. The first-order valence-electron chi connectivity index (χ1n) is 4.68. The van der Waals surface area contributed by atoms with Crippen molar-refractivity contribution < 1.29 is 19.1 Å². The van der Waals surface area contributed by atoms with Crippen LogP contribution in [-0.4, -0.2) is 17.7 Å². The number of carbonyl (C=O) groups is 2. The summed E-state index contributed by atoms with van der Waals surface area (Å²) in [5, 5.41) is 0. The van der Waals surface area contributed by atoms with Crippen LogP contribution < -0.4 is 0 Å². The van der Waals surface area contributed by atoms with Crippen LogP contribution in [0.2, 0.25) is 0 Å². The smallest absolute Gasteiger partial charge is 0.333 e. The van der Waals surface area contributed by atoms with Gasteiger partial charge in [0.1, 0.15) is 0 Å². The van der Waals surface area contributed by atoms with Crippen molar-refractivity contribution in [1.29, 1.82) is 0 Å². The van der Waals surface area contributed by atoms with E-state index in [2.05, 4.69) is 13.2 Å². The summed E-state index contributed by atoms with van der Waals surface area (Å²) in [6.45, 7) is 9.96. The van der Waals surface area contributed by atoms with E-state index in [1.807, 2.05) is 6.92 Å². The first-order chi connectivity index (χ1) is 6.97. The monoisotopic (exact) mass is 212 g/mol. The molecule has 0 saturated heterocycles. The first-order valence-corrected chi connectivity index (χ1v) is 4.68. The molecule has 0 N–H and O–H groups in total. The lowest BCUT2D eigenvalue weighted by molar-refractivity contribution is -0.217. The zero-order valence-corrected chi connectivity index (χ0v) is 9.12. The van der Waals surface area contributed by atoms with E-state index >= 15 is 0 Å². The van der Waals surface area contributed by atoms with Gasteiger partial charge in [0.2, 0.25) is 0 Å². The van der Waals surface area contributed by atoms with Gasteiger partial charge in [-0.15, -0.1) is 0 Å². The van der Waals surface area contributed by atoms with Crippen molar-refractivity contribution >= 4 is 11.9 Å². The highest BCUT2D eigenvalue weighted by Gasteiger charge is 2.30. The maximum atomic E-state index is 11.0. The van der Waals surface area contributed by atoms with Crippen LogP contribution in [0, 0.1) is 0 Å². The minimum Gasteiger partial charge on any atom is -0.420 e. The van der Waals surface area contributed by atoms with Crippen molar-refractivity contribution in [1.82, 2.24) is 0 Å². The van der Waals surface area contributed by atoms with Gasteiger partial charge in [-0.2, -0.15) is 0 Å². The zero-order valence-electron chi connectivity index (χ0n) is 9.12. The fourth-order valence-electron chi connectivity index (χ4n) is 1.09. The van der Waals surface area contributed by atoms with Gasteiger partial charge in [0.05, 0.1) is 0 Å². The Morgan fingerprint density at radius 3 is 1.87 bits per heavy atom. The van der Waals surface area contributed by atoms with E-state index in [1.165, 1.54) is 6.92 Å². The third-order valence-electron chi connectivity index (χ3n) is 1.67. The van der Waals surface area contributed by atoms with E-state index in [1.54, 1.807) is 0 Å². The van der Waals surface area contributed by atoms with E-state index in [0.29, 0.717) is 12.8 Å². The second-order valence-corrected chi connectivity index (χ2v) is 3.13. The van der Waals surface area contributed by atoms with E-state index < -0.39 is 17.7 Å². The summed E-state index contributed by atoms with van der Waals surface area (Å²) in [7, 11) is 0. The fraction of sp³-hybridized carbons (Fsp3) is 0.455. The molecule has 0 spiro atoms. The highest BCUT2D eigenvalue weighted by atomic mass is 16.7. The average Bonchev–Trinajstić information content (AvgIpc) is 2.17. The van der Waals surface area contributed by atoms with Crippen LogP contribution in [0.5, 0.6) is 0 Å². The Labute approximate surface area is 89.6 Å². The number of hydrogen-bond acceptors (Lipinski definition) is 4. The van der Waals surface area contributed by atoms with Crippen LogP contribution >= 0.6 is 0 Å². The largest absolute Gasteiger partial charge is 0.420 e. The van der Waals surface area contributed by atoms with Crippen molar-refractivity contribution in [2.75, 3.05) is 0 Å². The van der Waals surface area contributed by atoms with E-state index in [9.17, 15) is 9.59 Å². The molecule has 0 aromatic heterocycles. The van der Waals surface area contributed by atoms with Crippen molar-refractivity contribution in [3.8, 4) is 0 Å². The van der Waals surface area contributed by atoms with Crippen molar-refractivity contribution in [3.63, 3.8) is 0 Å². The molecule has 84 valence electrons. The Balaban J connectivity index is 4.56. The van der Waals surface area contributed by atoms with E-state index in [0.717, 1.165) is 12.2 Å². The molecular formula is C11H16O4. The molecule has 0 atom stereocenters. The lowest BCUT2D eigenvalue weighted by atomic mass is 10.2. The van der Waals surface area contributed by atoms with Gasteiger partial charge in [-0.25, -0.2) is 9.59 Å². The van der Waals surface area contributed by atoms with Crippen molar-refractivity contribution in [2.45, 2.75) is 32.5 Å². The van der Waals surface area contributed by atoms with Gasteiger partial charge in [-0.1, -0.05) is 20.1 Å². The quantitative estimate of drug-likeness (QED) is 0.383. The number of rotatable bonds is 6. The van der Waals surface area contributed by atoms with Gasteiger partial charge in [0.25, 0.3) is 5.79 Å². The highest BCUT2D eigenvalue weighted by Crippen LogP contribution is 2.20. The lowest BCUT2D eigenvalue weighted by Crippen LogP contribution is -2.36. The predicted molar refractivity (Wildman–Crippen MR) is 55.9 cm³/mol. The van der Waals surface area contributed by atoms with Crippen LogP contribution in [-0.2, 0) is 19.1 Å². The summed E-state index contributed by atoms with van der Waals surface area (Å²) in [4.78, 5) is 22.0. The van der Waals surface area contributed by atoms with E-state index in [4.69, 9.17) is 9.47 Å². The van der Waals surface area contributed by atoms with Gasteiger partial charge >= 0.3 is 11.9 Å². The third kappa shape index (κ3) is 5.00. The molecule has 0 rings (SSSR count). The summed E-state index contributed by atoms with van der Waals surface area (Å²) in [6, 6.07) is 0. The first kappa shape index (κ1) is 13.4. The molecule has 0 bridgehead atoms. The molecule has 0 saturated carbocycles. The van der Waals surface area contributed by atoms with Gasteiger partial charge in [0.15, 0.2) is 0 Å². The second-order valence-electron chi connectivity index (χ2n) is 3.13. The van der Waals surface area contributed by atoms with Crippen molar-refractivity contribution in [2.24, 2.45) is 0 Å². The summed E-state index contributed by atoms with van der Waals surface area (Å²) in [6.07, 6.45) is 3.18. The maximum absolute atomic E-state index is 11.0. The highest BCUT2D eigenvalue weighted by molar-refractivity contribution is 5.83. The molecule has 0 heterocycles. The van der Waals surface area contributed by atoms with Gasteiger partial charge in [-0.05, 0) is 6.42 Å². The molecular weight excluding hydrogens is 196 g/mol. The molecule has 0 fully saturated rings. The molecule has 0 unspecified atom stereocenters. The standard InChI is InChI=1S/C11H16O4/c1-5-8-11(4,14-9(12)6-2)15-10(13)7-3/h6-7H,2-3,5,8H2,1,4H3. The molecule has 0 aliphatic rings. The Hall–Kier alpha value is -1.58. The van der Waals surface area contributed by atoms with Gasteiger partial charge in [-0.3, -0.25) is 0 Å². The summed E-state index contributed by atoms with van der Waals surface area (Å²) >= 11 is 0. The number of esters is 2. The molecule has 15 heavy (non-hydrogen) atoms. The number of hydrogen-bond donors (Lipinski definition) is 0. The minimum atomic E-state index is -1.24. The molecule has 0 aliphatic carbocycles. The molecule has 0 aliphatic heterocycles. The maximum Gasteiger partial charge on any atom is 0.333 e. The van der Waals surface area contributed by atoms with Crippen LogP contribution in [0.25, 0.3) is 0 Å². The molecule has 0 aromatic rings. The second kappa shape index (κ2) is 6.01. The number of carbonyl (C=O) groups excluding carboxylic acids is 2. The van der Waals surface area contributed by atoms with Crippen LogP contribution in [0.15, 0.2) is 25.3 Å². The Bertz CT molecular complexity index is 246. The topological polar surface area (TPSA) is 52.6 Å². The zero-order chi connectivity index (χ0) is 11.9. The van der Waals surface area contributed by atoms with Crippen LogP contribution in [0.1, 0.15) is 26.7 Å².